The Morgan fingerprint density at radius 3 is 2.23 bits per heavy atom. The Morgan fingerprint density at radius 1 is 0.885 bits per heavy atom. The van der Waals surface area contributed by atoms with Crippen molar-refractivity contribution in [3.8, 4) is 5.75 Å². The Labute approximate surface area is 160 Å². The van der Waals surface area contributed by atoms with Crippen LogP contribution in [0, 0.1) is 5.92 Å². The maximum absolute atomic E-state index is 12.5. The van der Waals surface area contributed by atoms with Gasteiger partial charge in [-0.2, -0.15) is 0 Å². The van der Waals surface area contributed by atoms with E-state index in [2.05, 4.69) is 26.0 Å². The van der Waals surface area contributed by atoms with Gasteiger partial charge >= 0.3 is 0 Å². The summed E-state index contributed by atoms with van der Waals surface area (Å²) in [4.78, 5) is 12.5. The molecule has 26 heavy (non-hydrogen) atoms. The zero-order valence-electron chi connectivity index (χ0n) is 17.0. The molecule has 0 aliphatic heterocycles. The van der Waals surface area contributed by atoms with Crippen molar-refractivity contribution in [2.24, 2.45) is 5.92 Å². The van der Waals surface area contributed by atoms with Crippen molar-refractivity contribution in [2.75, 3.05) is 6.61 Å². The van der Waals surface area contributed by atoms with Gasteiger partial charge in [-0.15, -0.1) is 0 Å². The highest BCUT2D eigenvalue weighted by molar-refractivity contribution is 5.86. The van der Waals surface area contributed by atoms with Crippen molar-refractivity contribution in [3.63, 3.8) is 0 Å². The summed E-state index contributed by atoms with van der Waals surface area (Å²) in [6, 6.07) is 8.29. The minimum atomic E-state index is 0.111. The number of benzene rings is 1. The molecule has 2 nitrogen and oxygen atoms in total. The first-order valence-electron chi connectivity index (χ1n) is 11.0. The van der Waals surface area contributed by atoms with Crippen LogP contribution in [0.2, 0.25) is 0 Å². The first-order chi connectivity index (χ1) is 12.7. The maximum atomic E-state index is 12.5. The van der Waals surface area contributed by atoms with Crippen molar-refractivity contribution < 1.29 is 9.53 Å². The van der Waals surface area contributed by atoms with Crippen LogP contribution in [0.15, 0.2) is 24.3 Å². The average molecular weight is 359 g/mol. The van der Waals surface area contributed by atoms with Crippen LogP contribution in [0.5, 0.6) is 5.75 Å². The Morgan fingerprint density at radius 2 is 1.58 bits per heavy atom. The third-order valence-electron chi connectivity index (χ3n) is 5.74. The highest BCUT2D eigenvalue weighted by Crippen LogP contribution is 2.35. The molecule has 0 bridgehead atoms. The van der Waals surface area contributed by atoms with Crippen LogP contribution in [0.1, 0.15) is 102 Å². The second kappa shape index (κ2) is 12.1. The van der Waals surface area contributed by atoms with Crippen LogP contribution >= 0.6 is 0 Å². The molecule has 1 aromatic rings. The van der Waals surface area contributed by atoms with Gasteiger partial charge in [0, 0.05) is 12.3 Å². The van der Waals surface area contributed by atoms with E-state index in [1.165, 1.54) is 63.4 Å². The quantitative estimate of drug-likeness (QED) is 0.373. The average Bonchev–Trinajstić information content (AvgIpc) is 2.65. The summed E-state index contributed by atoms with van der Waals surface area (Å²) in [6.07, 6.45) is 14.5. The zero-order valence-corrected chi connectivity index (χ0v) is 17.0. The van der Waals surface area contributed by atoms with Gasteiger partial charge in [-0.05, 0) is 42.9 Å². The highest BCUT2D eigenvalue weighted by atomic mass is 16.5. The summed E-state index contributed by atoms with van der Waals surface area (Å²) in [6.45, 7) is 5.27. The molecule has 0 N–H and O–H groups in total. The Balaban J connectivity index is 1.67. The fourth-order valence-electron chi connectivity index (χ4n) is 4.14. The first-order valence-corrected chi connectivity index (χ1v) is 11.0. The third-order valence-corrected chi connectivity index (χ3v) is 5.74. The van der Waals surface area contributed by atoms with E-state index in [4.69, 9.17) is 4.74 Å². The van der Waals surface area contributed by atoms with Crippen LogP contribution in [0.25, 0.3) is 0 Å². The van der Waals surface area contributed by atoms with E-state index in [1.54, 1.807) is 0 Å². The number of unbranched alkanes of at least 4 members (excludes halogenated alkanes) is 6. The Kier molecular flexibility index (Phi) is 9.81. The monoisotopic (exact) mass is 358 g/mol. The summed E-state index contributed by atoms with van der Waals surface area (Å²) in [5.74, 6) is 2.10. The predicted octanol–water partition coefficient (Wildman–Crippen LogP) is 7.07. The van der Waals surface area contributed by atoms with Crippen molar-refractivity contribution >= 4 is 5.78 Å². The third kappa shape index (κ3) is 7.13. The molecule has 2 heteroatoms. The molecule has 1 aromatic carbocycles. The van der Waals surface area contributed by atoms with E-state index in [0.29, 0.717) is 11.7 Å². The molecule has 0 amide bonds. The lowest BCUT2D eigenvalue weighted by Gasteiger charge is -2.27. The predicted molar refractivity (Wildman–Crippen MR) is 110 cm³/mol. The van der Waals surface area contributed by atoms with Gasteiger partial charge in [-0.3, -0.25) is 4.79 Å². The summed E-state index contributed by atoms with van der Waals surface area (Å²) in [7, 11) is 0. The van der Waals surface area contributed by atoms with Crippen LogP contribution in [0.3, 0.4) is 0 Å². The van der Waals surface area contributed by atoms with Crippen molar-refractivity contribution in [3.05, 3.63) is 29.8 Å². The normalized spacial score (nSPS) is 20.3. The maximum Gasteiger partial charge on any atom is 0.140 e. The molecule has 1 saturated carbocycles. The lowest BCUT2D eigenvalue weighted by Crippen LogP contribution is -2.23. The summed E-state index contributed by atoms with van der Waals surface area (Å²) in [5, 5.41) is 0. The zero-order chi connectivity index (χ0) is 18.6. The first kappa shape index (κ1) is 21.0. The number of carbonyl (C=O) groups is 1. The van der Waals surface area contributed by atoms with E-state index >= 15 is 0 Å². The second-order valence-corrected chi connectivity index (χ2v) is 7.99. The molecule has 0 unspecified atom stereocenters. The lowest BCUT2D eigenvalue weighted by molar-refractivity contribution is -0.123. The molecule has 2 rings (SSSR count). The van der Waals surface area contributed by atoms with E-state index < -0.39 is 0 Å². The smallest absolute Gasteiger partial charge is 0.140 e. The van der Waals surface area contributed by atoms with Gasteiger partial charge in [-0.1, -0.05) is 77.3 Å². The molecule has 0 radical (unpaired) electrons. The Bertz CT molecular complexity index is 505. The summed E-state index contributed by atoms with van der Waals surface area (Å²) in [5.41, 5.74) is 1.17. The minimum Gasteiger partial charge on any atom is -0.494 e. The summed E-state index contributed by atoms with van der Waals surface area (Å²) >= 11 is 0. The summed E-state index contributed by atoms with van der Waals surface area (Å²) < 4.78 is 5.87. The van der Waals surface area contributed by atoms with Gasteiger partial charge < -0.3 is 4.74 Å². The van der Waals surface area contributed by atoms with E-state index in [9.17, 15) is 4.79 Å². The SMILES string of the molecule is CCCCCCCCCOc1ccc([C@H]2CC[C@H](CCC)CC2=O)cc1. The molecule has 1 fully saturated rings. The van der Waals surface area contributed by atoms with Gasteiger partial charge in [0.25, 0.3) is 0 Å². The van der Waals surface area contributed by atoms with Gasteiger partial charge in [-0.25, -0.2) is 0 Å². The molecule has 1 aliphatic rings. The van der Waals surface area contributed by atoms with E-state index in [0.717, 1.165) is 31.6 Å². The number of hydrogen-bond donors (Lipinski definition) is 0. The van der Waals surface area contributed by atoms with Gasteiger partial charge in [0.05, 0.1) is 6.61 Å². The fraction of sp³-hybridized carbons (Fsp3) is 0.708. The molecule has 0 heterocycles. The van der Waals surface area contributed by atoms with Crippen molar-refractivity contribution in [1.82, 2.24) is 0 Å². The molecule has 0 spiro atoms. The second-order valence-electron chi connectivity index (χ2n) is 7.99. The van der Waals surface area contributed by atoms with Crippen LogP contribution in [0.4, 0.5) is 0 Å². The molecule has 1 aliphatic carbocycles. The fourth-order valence-corrected chi connectivity index (χ4v) is 4.14. The van der Waals surface area contributed by atoms with Crippen LogP contribution in [-0.4, -0.2) is 12.4 Å². The topological polar surface area (TPSA) is 26.3 Å². The minimum absolute atomic E-state index is 0.111. The molecule has 0 aromatic heterocycles. The van der Waals surface area contributed by atoms with Gasteiger partial charge in [0.1, 0.15) is 11.5 Å². The Hall–Kier alpha value is -1.31. The molecule has 0 saturated heterocycles. The van der Waals surface area contributed by atoms with Crippen LogP contribution < -0.4 is 4.74 Å². The number of carbonyl (C=O) groups excluding carboxylic acids is 1. The number of hydrogen-bond acceptors (Lipinski definition) is 2. The molecular weight excluding hydrogens is 320 g/mol. The van der Waals surface area contributed by atoms with Crippen molar-refractivity contribution in [2.45, 2.75) is 96.8 Å². The lowest BCUT2D eigenvalue weighted by atomic mass is 9.76. The number of Topliss-reactive ketones (excluding diaryl/α,β-unsaturated/α-hetero) is 1. The highest BCUT2D eigenvalue weighted by Gasteiger charge is 2.29. The molecule has 146 valence electrons. The van der Waals surface area contributed by atoms with Crippen molar-refractivity contribution in [1.29, 1.82) is 0 Å². The van der Waals surface area contributed by atoms with E-state index in [-0.39, 0.29) is 5.92 Å². The molecule has 2 atom stereocenters. The standard InChI is InChI=1S/C24H38O2/c1-3-5-6-7-8-9-10-18-26-22-15-13-21(14-16-22)23-17-12-20(11-4-2)19-24(23)25/h13-16,20,23H,3-12,17-19H2,1-2H3/t20-,23+/m0/s1. The number of ketones is 1. The molecular formula is C24H38O2. The largest absolute Gasteiger partial charge is 0.494 e. The van der Waals surface area contributed by atoms with Gasteiger partial charge in [0.2, 0.25) is 0 Å². The number of rotatable bonds is 12. The van der Waals surface area contributed by atoms with E-state index in [1.807, 2.05) is 12.1 Å². The van der Waals surface area contributed by atoms with Crippen LogP contribution in [-0.2, 0) is 4.79 Å². The number of ether oxygens (including phenoxy) is 1. The van der Waals surface area contributed by atoms with Gasteiger partial charge in [0.15, 0.2) is 0 Å².